The number of nitrogens with zero attached hydrogens (tertiary/aromatic N) is 1. The molecule has 0 radical (unpaired) electrons. The molecular weight excluding hydrogens is 658 g/mol. The first kappa shape index (κ1) is 35.5. The second-order valence-corrected chi connectivity index (χ2v) is 14.1. The predicted octanol–water partition coefficient (Wildman–Crippen LogP) is 4.73. The first-order chi connectivity index (χ1) is 21.2. The number of carbonyl (C=O) groups excluding carboxylic acids is 1. The number of methoxy groups -OCH3 is 1. The Morgan fingerprint density at radius 2 is 1.82 bits per heavy atom. The Bertz CT molecular complexity index is 1470. The van der Waals surface area contributed by atoms with E-state index >= 15 is 0 Å². The molecule has 0 spiro atoms. The summed E-state index contributed by atoms with van der Waals surface area (Å²) in [6.07, 6.45) is -4.05. The Morgan fingerprint density at radius 1 is 1.11 bits per heavy atom. The molecule has 2 aromatic carbocycles. The van der Waals surface area contributed by atoms with Crippen LogP contribution in [0.1, 0.15) is 48.1 Å². The van der Waals surface area contributed by atoms with Crippen LogP contribution in [0.25, 0.3) is 0 Å². The van der Waals surface area contributed by atoms with Crippen LogP contribution in [0.4, 0.5) is 13.2 Å². The van der Waals surface area contributed by atoms with Crippen molar-refractivity contribution in [2.45, 2.75) is 62.2 Å². The molecule has 45 heavy (non-hydrogen) atoms. The van der Waals surface area contributed by atoms with Crippen molar-refractivity contribution >= 4 is 39.1 Å². The number of alkyl halides is 3. The van der Waals surface area contributed by atoms with Crippen molar-refractivity contribution in [3.63, 3.8) is 0 Å². The van der Waals surface area contributed by atoms with Gasteiger partial charge in [-0.15, -0.1) is 0 Å². The number of β-amino-alcohol motifs (C(OH)–C–C–N with tert-alkyl or cyclic N) is 1. The quantitative estimate of drug-likeness (QED) is 0.359. The summed E-state index contributed by atoms with van der Waals surface area (Å²) in [6, 6.07) is 7.89. The fourth-order valence-corrected chi connectivity index (χ4v) is 7.43. The molecule has 9 nitrogen and oxygen atoms in total. The third kappa shape index (κ3) is 9.57. The van der Waals surface area contributed by atoms with Crippen molar-refractivity contribution in [3.8, 4) is 5.75 Å². The minimum Gasteiger partial charge on any atom is -0.497 e. The number of carbonyl (C=O) groups is 1. The van der Waals surface area contributed by atoms with Gasteiger partial charge < -0.3 is 25.2 Å². The van der Waals surface area contributed by atoms with E-state index in [-0.39, 0.29) is 38.1 Å². The number of rotatable bonds is 7. The maximum absolute atomic E-state index is 13.7. The highest BCUT2D eigenvalue weighted by molar-refractivity contribution is 7.89. The number of aliphatic hydroxyl groups excluding tert-OH is 1. The molecular formula is C30H36Cl2F3N3O6S. The van der Waals surface area contributed by atoms with Crippen LogP contribution in [0.15, 0.2) is 48.6 Å². The summed E-state index contributed by atoms with van der Waals surface area (Å²) in [5.41, 5.74) is 2.51. The number of likely N-dealkylation sites (N-methyl/N-ethyl adjacent to an activating group) is 1. The van der Waals surface area contributed by atoms with E-state index in [0.717, 1.165) is 18.2 Å². The van der Waals surface area contributed by atoms with Crippen molar-refractivity contribution in [2.24, 2.45) is 0 Å². The van der Waals surface area contributed by atoms with Gasteiger partial charge in [-0.05, 0) is 66.3 Å². The van der Waals surface area contributed by atoms with Gasteiger partial charge in [-0.2, -0.15) is 17.5 Å². The first-order valence-corrected chi connectivity index (χ1v) is 16.7. The fourth-order valence-electron chi connectivity index (χ4n) is 5.51. The number of sulfonamides is 1. The number of amides is 1. The third-order valence-corrected chi connectivity index (χ3v) is 10.2. The fraction of sp³-hybridized carbons (Fsp3) is 0.500. The lowest BCUT2D eigenvalue weighted by molar-refractivity contribution is -0.130. The molecule has 4 rings (SSSR count). The van der Waals surface area contributed by atoms with Crippen LogP contribution in [-0.4, -0.2) is 81.2 Å². The van der Waals surface area contributed by atoms with Crippen molar-refractivity contribution in [2.75, 3.05) is 33.1 Å². The van der Waals surface area contributed by atoms with Gasteiger partial charge in [-0.1, -0.05) is 41.4 Å². The Labute approximate surface area is 270 Å². The summed E-state index contributed by atoms with van der Waals surface area (Å²) in [5, 5.41) is 18.2. The maximum atomic E-state index is 13.7. The summed E-state index contributed by atoms with van der Waals surface area (Å²) >= 11 is 12.4. The van der Waals surface area contributed by atoms with Crippen molar-refractivity contribution in [1.29, 1.82) is 0 Å². The van der Waals surface area contributed by atoms with Crippen LogP contribution in [0.2, 0.25) is 10.0 Å². The van der Waals surface area contributed by atoms with Crippen molar-refractivity contribution < 1.29 is 41.0 Å². The lowest BCUT2D eigenvalue weighted by Gasteiger charge is -2.31. The van der Waals surface area contributed by atoms with Crippen LogP contribution in [0, 0.1) is 0 Å². The minimum atomic E-state index is -4.70. The van der Waals surface area contributed by atoms with E-state index in [1.54, 1.807) is 31.4 Å². The van der Waals surface area contributed by atoms with Gasteiger partial charge in [0.15, 0.2) is 0 Å². The van der Waals surface area contributed by atoms with Crippen molar-refractivity contribution in [3.05, 3.63) is 75.3 Å². The zero-order valence-corrected chi connectivity index (χ0v) is 27.0. The van der Waals surface area contributed by atoms with E-state index in [9.17, 15) is 31.5 Å². The second kappa shape index (κ2) is 15.0. The van der Waals surface area contributed by atoms with Gasteiger partial charge in [-0.25, -0.2) is 8.42 Å². The van der Waals surface area contributed by atoms with Gasteiger partial charge >= 0.3 is 6.18 Å². The molecule has 2 aliphatic rings. The number of aliphatic hydroxyl groups is 1. The van der Waals surface area contributed by atoms with Crippen LogP contribution >= 0.6 is 23.2 Å². The number of halogens is 5. The molecule has 0 fully saturated rings. The van der Waals surface area contributed by atoms with Gasteiger partial charge in [0.2, 0.25) is 15.9 Å². The first-order valence-electron chi connectivity index (χ1n) is 14.3. The molecule has 1 aliphatic carbocycles. The molecule has 0 unspecified atom stereocenters. The van der Waals surface area contributed by atoms with E-state index in [1.165, 1.54) is 6.07 Å². The molecule has 248 valence electrons. The number of fused-ring (bicyclic) bond motifs is 5. The number of benzene rings is 2. The Morgan fingerprint density at radius 3 is 2.49 bits per heavy atom. The summed E-state index contributed by atoms with van der Waals surface area (Å²) in [6.45, 7) is 0.165. The Kier molecular flexibility index (Phi) is 11.8. The topological polar surface area (TPSA) is 117 Å². The van der Waals surface area contributed by atoms with Crippen LogP contribution in [0.3, 0.4) is 0 Å². The number of hydrogen-bond acceptors (Lipinski definition) is 7. The zero-order valence-electron chi connectivity index (χ0n) is 24.7. The third-order valence-electron chi connectivity index (χ3n) is 7.95. The SMILES string of the molecule is COc1ccc2c(c1)[C@@H]1C[C@H]2OC/C=C/C[C@H](N(C)S(=O)(=O)CCC(F)(F)F)C(=O)N[C@@H](Cc2cc(Cl)cc(Cl)c2)[C@H](O)CN1. The summed E-state index contributed by atoms with van der Waals surface area (Å²) in [4.78, 5) is 13.7. The summed E-state index contributed by atoms with van der Waals surface area (Å²) < 4.78 is 76.6. The normalized spacial score (nSPS) is 25.6. The number of hydrogen-bond donors (Lipinski definition) is 3. The van der Waals surface area contributed by atoms with Crippen LogP contribution < -0.4 is 15.4 Å². The zero-order chi connectivity index (χ0) is 32.9. The smallest absolute Gasteiger partial charge is 0.390 e. The van der Waals surface area contributed by atoms with Gasteiger partial charge in [-0.3, -0.25) is 4.79 Å². The Hall–Kier alpha value is -2.39. The summed E-state index contributed by atoms with van der Waals surface area (Å²) in [5.74, 6) is -1.34. The Balaban J connectivity index is 1.66. The minimum absolute atomic E-state index is 0.0237. The molecule has 5 atom stereocenters. The average molecular weight is 695 g/mol. The van der Waals surface area contributed by atoms with Gasteiger partial charge in [0, 0.05) is 29.7 Å². The largest absolute Gasteiger partial charge is 0.497 e. The highest BCUT2D eigenvalue weighted by Crippen LogP contribution is 2.42. The van der Waals surface area contributed by atoms with Gasteiger partial charge in [0.05, 0.1) is 44.1 Å². The van der Waals surface area contributed by atoms with E-state index in [2.05, 4.69) is 10.6 Å². The molecule has 0 aromatic heterocycles. The van der Waals surface area contributed by atoms with E-state index in [1.807, 2.05) is 18.2 Å². The van der Waals surface area contributed by atoms with Crippen LogP contribution in [-0.2, 0) is 26.0 Å². The van der Waals surface area contributed by atoms with Crippen molar-refractivity contribution in [1.82, 2.24) is 14.9 Å². The van der Waals surface area contributed by atoms with E-state index in [4.69, 9.17) is 32.7 Å². The molecule has 0 saturated heterocycles. The average Bonchev–Trinajstić information content (AvgIpc) is 3.31. The molecule has 3 N–H and O–H groups in total. The summed E-state index contributed by atoms with van der Waals surface area (Å²) in [7, 11) is -1.85. The van der Waals surface area contributed by atoms with E-state index in [0.29, 0.717) is 32.1 Å². The highest BCUT2D eigenvalue weighted by Gasteiger charge is 2.37. The monoisotopic (exact) mass is 693 g/mol. The lowest BCUT2D eigenvalue weighted by atomic mass is 9.99. The molecule has 15 heteroatoms. The standard InChI is InChI=1S/C30H36Cl2F3N3O6S/c1-38(45(41,42)10-8-30(33,34)35)26-5-3-4-9-44-28-16-24(23-15-21(43-2)6-7-22(23)28)36-17-27(39)25(37-29(26)40)13-18-11-19(31)14-20(32)12-18/h3-4,6-7,11-12,14-15,24-28,36,39H,5,8-10,13,16-17H2,1-2H3,(H,37,40)/b4-3+/t24-,25-,26-,27+,28+/m0/s1. The maximum Gasteiger partial charge on any atom is 0.390 e. The molecule has 1 amide bonds. The number of nitrogens with one attached hydrogen (secondary N) is 2. The number of ether oxygens (including phenoxy) is 2. The molecule has 1 aliphatic heterocycles. The predicted molar refractivity (Wildman–Crippen MR) is 165 cm³/mol. The molecule has 2 bridgehead atoms. The van der Waals surface area contributed by atoms with Crippen LogP contribution in [0.5, 0.6) is 5.75 Å². The van der Waals surface area contributed by atoms with E-state index < -0.39 is 52.5 Å². The molecule has 0 saturated carbocycles. The highest BCUT2D eigenvalue weighted by atomic mass is 35.5. The lowest BCUT2D eigenvalue weighted by Crippen LogP contribution is -2.55. The molecule has 1 heterocycles. The van der Waals surface area contributed by atoms with Gasteiger partial charge in [0.1, 0.15) is 11.8 Å². The second-order valence-electron chi connectivity index (χ2n) is 11.1. The van der Waals surface area contributed by atoms with Gasteiger partial charge in [0.25, 0.3) is 0 Å². The molecule has 2 aromatic rings.